The molecule has 0 amide bonds. The van der Waals surface area contributed by atoms with Crippen molar-refractivity contribution in [1.82, 2.24) is 10.3 Å². The molecule has 0 unspecified atom stereocenters. The number of nitrogens with zero attached hydrogens (tertiary/aromatic N) is 2. The van der Waals surface area contributed by atoms with Gasteiger partial charge in [0.05, 0.1) is 18.5 Å². The number of aromatic nitrogens is 1. The molecule has 2 bridgehead atoms. The number of rotatable bonds is 3. The van der Waals surface area contributed by atoms with Gasteiger partial charge in [0.25, 0.3) is 0 Å². The van der Waals surface area contributed by atoms with E-state index in [-0.39, 0.29) is 0 Å². The van der Waals surface area contributed by atoms with Gasteiger partial charge in [0.2, 0.25) is 5.88 Å². The van der Waals surface area contributed by atoms with Crippen molar-refractivity contribution < 1.29 is 4.74 Å². The molecule has 1 aromatic heterocycles. The van der Waals surface area contributed by atoms with Crippen molar-refractivity contribution in [1.29, 1.82) is 0 Å². The number of hydrogen-bond donors (Lipinski definition) is 1. The Morgan fingerprint density at radius 2 is 2.30 bits per heavy atom. The molecule has 0 saturated carbocycles. The molecule has 3 aliphatic heterocycles. The SMILES string of the molecule is CCOc1ccc(N2C[C@@H]3CC(C)(C)[C@H]2CCN3)cn1. The van der Waals surface area contributed by atoms with Crippen LogP contribution >= 0.6 is 0 Å². The first kappa shape index (κ1) is 13.7. The van der Waals surface area contributed by atoms with Crippen LogP contribution in [0.4, 0.5) is 5.69 Å². The lowest BCUT2D eigenvalue weighted by Gasteiger charge is -2.48. The van der Waals surface area contributed by atoms with Crippen LogP contribution in [0.15, 0.2) is 18.3 Å². The zero-order chi connectivity index (χ0) is 14.2. The van der Waals surface area contributed by atoms with E-state index in [4.69, 9.17) is 4.74 Å². The minimum absolute atomic E-state index is 0.352. The van der Waals surface area contributed by atoms with E-state index in [1.807, 2.05) is 19.2 Å². The molecule has 20 heavy (non-hydrogen) atoms. The zero-order valence-electron chi connectivity index (χ0n) is 12.7. The molecule has 0 aliphatic carbocycles. The molecule has 110 valence electrons. The molecule has 4 rings (SSSR count). The molecule has 3 fully saturated rings. The highest BCUT2D eigenvalue weighted by Crippen LogP contribution is 2.40. The summed E-state index contributed by atoms with van der Waals surface area (Å²) in [7, 11) is 0. The molecule has 2 atom stereocenters. The topological polar surface area (TPSA) is 37.4 Å². The summed E-state index contributed by atoms with van der Waals surface area (Å²) in [4.78, 5) is 6.96. The van der Waals surface area contributed by atoms with Gasteiger partial charge in [-0.2, -0.15) is 0 Å². The molecule has 4 nitrogen and oxygen atoms in total. The Kier molecular flexibility index (Phi) is 3.59. The van der Waals surface area contributed by atoms with Gasteiger partial charge in [-0.25, -0.2) is 4.98 Å². The third-order valence-electron chi connectivity index (χ3n) is 4.66. The molecule has 4 heterocycles. The van der Waals surface area contributed by atoms with Gasteiger partial charge in [0, 0.05) is 24.7 Å². The zero-order valence-corrected chi connectivity index (χ0v) is 12.7. The maximum atomic E-state index is 5.43. The van der Waals surface area contributed by atoms with Crippen LogP contribution in [0, 0.1) is 5.41 Å². The monoisotopic (exact) mass is 275 g/mol. The third-order valence-corrected chi connectivity index (χ3v) is 4.66. The molecule has 0 radical (unpaired) electrons. The van der Waals surface area contributed by atoms with Crippen LogP contribution in [-0.4, -0.2) is 36.8 Å². The molecular formula is C16H25N3O. The Bertz CT molecular complexity index is 457. The highest BCUT2D eigenvalue weighted by Gasteiger charge is 2.43. The van der Waals surface area contributed by atoms with Gasteiger partial charge >= 0.3 is 0 Å². The fourth-order valence-corrected chi connectivity index (χ4v) is 3.79. The lowest BCUT2D eigenvalue weighted by molar-refractivity contribution is 0.203. The number of fused-ring (bicyclic) bond motifs is 4. The smallest absolute Gasteiger partial charge is 0.213 e. The first-order valence-corrected chi connectivity index (χ1v) is 7.69. The van der Waals surface area contributed by atoms with Gasteiger partial charge in [0.15, 0.2) is 0 Å². The normalized spacial score (nSPS) is 28.2. The minimum atomic E-state index is 0.352. The molecular weight excluding hydrogens is 250 g/mol. The first-order chi connectivity index (χ1) is 9.60. The third kappa shape index (κ3) is 2.49. The average Bonchev–Trinajstić information content (AvgIpc) is 2.70. The number of pyridine rings is 1. The van der Waals surface area contributed by atoms with E-state index in [1.165, 1.54) is 18.5 Å². The van der Waals surface area contributed by atoms with E-state index < -0.39 is 0 Å². The summed E-state index contributed by atoms with van der Waals surface area (Å²) in [5, 5.41) is 3.67. The van der Waals surface area contributed by atoms with Crippen LogP contribution in [0.1, 0.15) is 33.6 Å². The summed E-state index contributed by atoms with van der Waals surface area (Å²) < 4.78 is 5.43. The maximum absolute atomic E-state index is 5.43. The fraction of sp³-hybridized carbons (Fsp3) is 0.688. The van der Waals surface area contributed by atoms with Gasteiger partial charge in [-0.1, -0.05) is 13.8 Å². The Hall–Kier alpha value is -1.29. The van der Waals surface area contributed by atoms with Crippen molar-refractivity contribution in [3.05, 3.63) is 18.3 Å². The number of nitrogens with one attached hydrogen (secondary N) is 1. The number of hydrogen-bond acceptors (Lipinski definition) is 4. The minimum Gasteiger partial charge on any atom is -0.478 e. The van der Waals surface area contributed by atoms with Crippen molar-refractivity contribution in [2.45, 2.75) is 45.7 Å². The highest BCUT2D eigenvalue weighted by atomic mass is 16.5. The van der Waals surface area contributed by atoms with Crippen LogP contribution in [0.5, 0.6) is 5.88 Å². The van der Waals surface area contributed by atoms with E-state index in [2.05, 4.69) is 35.1 Å². The lowest BCUT2D eigenvalue weighted by atomic mass is 9.74. The largest absolute Gasteiger partial charge is 0.478 e. The van der Waals surface area contributed by atoms with Gasteiger partial charge < -0.3 is 15.0 Å². The molecule has 1 aromatic rings. The van der Waals surface area contributed by atoms with E-state index >= 15 is 0 Å². The van der Waals surface area contributed by atoms with Crippen LogP contribution in [0.2, 0.25) is 0 Å². The van der Waals surface area contributed by atoms with Crippen LogP contribution in [0.25, 0.3) is 0 Å². The second kappa shape index (κ2) is 5.24. The van der Waals surface area contributed by atoms with Crippen LogP contribution in [0.3, 0.4) is 0 Å². The molecule has 3 saturated heterocycles. The van der Waals surface area contributed by atoms with E-state index in [1.54, 1.807) is 0 Å². The Morgan fingerprint density at radius 1 is 1.45 bits per heavy atom. The summed E-state index contributed by atoms with van der Waals surface area (Å²) in [5.41, 5.74) is 1.57. The average molecular weight is 275 g/mol. The number of anilines is 1. The van der Waals surface area contributed by atoms with Gasteiger partial charge in [-0.15, -0.1) is 0 Å². The highest BCUT2D eigenvalue weighted by molar-refractivity contribution is 5.48. The number of ether oxygens (including phenoxy) is 1. The van der Waals surface area contributed by atoms with Gasteiger partial charge in [0.1, 0.15) is 0 Å². The summed E-state index contributed by atoms with van der Waals surface area (Å²) in [6, 6.07) is 5.32. The van der Waals surface area contributed by atoms with Crippen LogP contribution < -0.4 is 15.0 Å². The summed E-state index contributed by atoms with van der Waals surface area (Å²) in [6.07, 6.45) is 4.43. The van der Waals surface area contributed by atoms with E-state index in [0.29, 0.717) is 30.0 Å². The van der Waals surface area contributed by atoms with Crippen molar-refractivity contribution in [3.63, 3.8) is 0 Å². The molecule has 4 heteroatoms. The first-order valence-electron chi connectivity index (χ1n) is 7.69. The predicted molar refractivity (Wildman–Crippen MR) is 81.3 cm³/mol. The maximum Gasteiger partial charge on any atom is 0.213 e. The second-order valence-electron chi connectivity index (χ2n) is 6.59. The molecule has 0 aromatic carbocycles. The van der Waals surface area contributed by atoms with Crippen LogP contribution in [-0.2, 0) is 0 Å². The van der Waals surface area contributed by atoms with Crippen molar-refractivity contribution in [2.75, 3.05) is 24.6 Å². The second-order valence-corrected chi connectivity index (χ2v) is 6.59. The van der Waals surface area contributed by atoms with Gasteiger partial charge in [-0.3, -0.25) is 0 Å². The number of piperidine rings is 1. The van der Waals surface area contributed by atoms with Crippen molar-refractivity contribution in [3.8, 4) is 5.88 Å². The summed E-state index contributed by atoms with van der Waals surface area (Å²) in [5.74, 6) is 0.716. The quantitative estimate of drug-likeness (QED) is 0.919. The predicted octanol–water partition coefficient (Wildman–Crippen LogP) is 2.45. The summed E-state index contributed by atoms with van der Waals surface area (Å²) in [6.45, 7) is 9.65. The van der Waals surface area contributed by atoms with Gasteiger partial charge in [-0.05, 0) is 37.8 Å². The summed E-state index contributed by atoms with van der Waals surface area (Å²) >= 11 is 0. The molecule has 0 spiro atoms. The molecule has 3 aliphatic rings. The fourth-order valence-electron chi connectivity index (χ4n) is 3.79. The lowest BCUT2D eigenvalue weighted by Crippen LogP contribution is -2.54. The Morgan fingerprint density at radius 3 is 3.00 bits per heavy atom. The van der Waals surface area contributed by atoms with E-state index in [9.17, 15) is 0 Å². The van der Waals surface area contributed by atoms with Crippen molar-refractivity contribution in [2.24, 2.45) is 5.41 Å². The standard InChI is InChI=1S/C16H25N3O/c1-4-20-15-6-5-13(10-18-15)19-11-12-9-16(2,3)14(19)7-8-17-12/h5-6,10,12,14,17H,4,7-9,11H2,1-3H3/t12-,14+/m0/s1. The van der Waals surface area contributed by atoms with Crippen molar-refractivity contribution >= 4 is 5.69 Å². The molecule has 1 N–H and O–H groups in total. The Labute approximate surface area is 121 Å². The van der Waals surface area contributed by atoms with E-state index in [0.717, 1.165) is 13.1 Å². The Balaban J connectivity index is 1.85.